The molecule has 0 atom stereocenters. The zero-order valence-electron chi connectivity index (χ0n) is 12.4. The Labute approximate surface area is 126 Å². The summed E-state index contributed by atoms with van der Waals surface area (Å²) in [7, 11) is 0. The number of oxazole rings is 1. The summed E-state index contributed by atoms with van der Waals surface area (Å²) in [5.41, 5.74) is 3.21. The molecule has 3 rings (SSSR count). The van der Waals surface area contributed by atoms with Crippen molar-refractivity contribution < 1.29 is 8.81 Å². The van der Waals surface area contributed by atoms with Gasteiger partial charge in [-0.05, 0) is 37.1 Å². The molecule has 2 N–H and O–H groups in total. The van der Waals surface area contributed by atoms with Crippen molar-refractivity contribution in [1.82, 2.24) is 9.97 Å². The summed E-state index contributed by atoms with van der Waals surface area (Å²) in [6.07, 6.45) is 0.833. The van der Waals surface area contributed by atoms with Crippen LogP contribution < -0.4 is 10.9 Å². The maximum atomic E-state index is 13.1. The fraction of sp³-hybridized carbons (Fsp3) is 0.250. The summed E-state index contributed by atoms with van der Waals surface area (Å²) >= 11 is 0. The van der Waals surface area contributed by atoms with E-state index >= 15 is 0 Å². The molecule has 5 nitrogen and oxygen atoms in total. The van der Waals surface area contributed by atoms with Crippen LogP contribution in [0, 0.1) is 12.7 Å². The van der Waals surface area contributed by atoms with Crippen LogP contribution in [0.3, 0.4) is 0 Å². The normalized spacial score (nSPS) is 11.0. The Morgan fingerprint density at radius 1 is 1.36 bits per heavy atom. The van der Waals surface area contributed by atoms with Gasteiger partial charge in [0.1, 0.15) is 17.0 Å². The molecule has 0 radical (unpaired) electrons. The molecule has 0 aliphatic carbocycles. The van der Waals surface area contributed by atoms with Crippen molar-refractivity contribution in [3.05, 3.63) is 57.6 Å². The number of nitrogens with one attached hydrogen (secondary N) is 2. The van der Waals surface area contributed by atoms with Crippen LogP contribution in [-0.4, -0.2) is 9.97 Å². The number of H-pyrrole nitrogens is 1. The van der Waals surface area contributed by atoms with Gasteiger partial charge >= 0.3 is 0 Å². The van der Waals surface area contributed by atoms with Crippen LogP contribution in [0.5, 0.6) is 0 Å². The van der Waals surface area contributed by atoms with Gasteiger partial charge in [0.15, 0.2) is 5.58 Å². The van der Waals surface area contributed by atoms with Crippen LogP contribution in [-0.2, 0) is 13.0 Å². The first-order valence-electron chi connectivity index (χ1n) is 7.08. The average Bonchev–Trinajstić information content (AvgIpc) is 2.88. The van der Waals surface area contributed by atoms with Crippen LogP contribution in [0.1, 0.15) is 24.1 Å². The van der Waals surface area contributed by atoms with Crippen LogP contribution >= 0.6 is 0 Å². The van der Waals surface area contributed by atoms with Gasteiger partial charge in [0.05, 0.1) is 6.54 Å². The zero-order chi connectivity index (χ0) is 15.7. The molecule has 0 saturated carbocycles. The number of aromatic amines is 1. The molecule has 0 aliphatic rings. The minimum atomic E-state index is -0.370. The molecule has 0 aliphatic heterocycles. The topological polar surface area (TPSA) is 70.9 Å². The highest BCUT2D eigenvalue weighted by Crippen LogP contribution is 2.17. The predicted octanol–water partition coefficient (Wildman–Crippen LogP) is 3.14. The minimum Gasteiger partial charge on any atom is -0.439 e. The molecule has 3 aromatic rings. The Hall–Kier alpha value is -2.63. The zero-order valence-corrected chi connectivity index (χ0v) is 12.4. The highest BCUT2D eigenvalue weighted by Gasteiger charge is 2.09. The van der Waals surface area contributed by atoms with E-state index in [1.807, 2.05) is 19.9 Å². The van der Waals surface area contributed by atoms with Gasteiger partial charge in [-0.25, -0.2) is 9.37 Å². The fourth-order valence-electron chi connectivity index (χ4n) is 2.36. The first kappa shape index (κ1) is 14.3. The molecular weight excluding hydrogens is 285 g/mol. The van der Waals surface area contributed by atoms with Gasteiger partial charge < -0.3 is 14.7 Å². The van der Waals surface area contributed by atoms with E-state index in [1.54, 1.807) is 6.07 Å². The van der Waals surface area contributed by atoms with Gasteiger partial charge in [0.2, 0.25) is 5.89 Å². The molecule has 1 aromatic carbocycles. The maximum absolute atomic E-state index is 13.1. The summed E-state index contributed by atoms with van der Waals surface area (Å²) < 4.78 is 18.6. The Kier molecular flexibility index (Phi) is 3.66. The lowest BCUT2D eigenvalue weighted by Crippen LogP contribution is -2.16. The Balaban J connectivity index is 1.83. The third-order valence-corrected chi connectivity index (χ3v) is 3.55. The number of anilines is 1. The van der Waals surface area contributed by atoms with Crippen molar-refractivity contribution in [2.24, 2.45) is 0 Å². The number of benzene rings is 1. The number of pyridine rings is 1. The van der Waals surface area contributed by atoms with E-state index in [1.165, 1.54) is 12.1 Å². The number of nitrogens with zero attached hydrogens (tertiary/aromatic N) is 1. The van der Waals surface area contributed by atoms with Gasteiger partial charge in [-0.15, -0.1) is 0 Å². The van der Waals surface area contributed by atoms with Crippen molar-refractivity contribution in [3.63, 3.8) is 0 Å². The summed E-state index contributed by atoms with van der Waals surface area (Å²) in [5, 5.41) is 3.01. The number of hydrogen-bond donors (Lipinski definition) is 2. The second-order valence-electron chi connectivity index (χ2n) is 5.09. The van der Waals surface area contributed by atoms with Crippen LogP contribution in [0.2, 0.25) is 0 Å². The Morgan fingerprint density at radius 2 is 2.18 bits per heavy atom. The number of halogens is 1. The minimum absolute atomic E-state index is 0.183. The van der Waals surface area contributed by atoms with E-state index in [9.17, 15) is 9.18 Å². The lowest BCUT2D eigenvalue weighted by atomic mass is 10.1. The van der Waals surface area contributed by atoms with Crippen molar-refractivity contribution in [2.45, 2.75) is 26.8 Å². The maximum Gasteiger partial charge on any atom is 0.271 e. The predicted molar refractivity (Wildman–Crippen MR) is 82.5 cm³/mol. The lowest BCUT2D eigenvalue weighted by Gasteiger charge is -2.07. The van der Waals surface area contributed by atoms with E-state index in [0.29, 0.717) is 22.7 Å². The van der Waals surface area contributed by atoms with Gasteiger partial charge in [-0.2, -0.15) is 0 Å². The molecule has 0 spiro atoms. The number of fused-ring (bicyclic) bond motifs is 1. The molecule has 0 fully saturated rings. The first-order valence-corrected chi connectivity index (χ1v) is 7.08. The molecule has 22 heavy (non-hydrogen) atoms. The van der Waals surface area contributed by atoms with E-state index in [-0.39, 0.29) is 17.9 Å². The summed E-state index contributed by atoms with van der Waals surface area (Å²) in [5.74, 6) is 0.0318. The molecule has 0 bridgehead atoms. The van der Waals surface area contributed by atoms with Crippen molar-refractivity contribution in [1.29, 1.82) is 0 Å². The van der Waals surface area contributed by atoms with Crippen LogP contribution in [0.25, 0.3) is 11.1 Å². The third-order valence-electron chi connectivity index (χ3n) is 3.55. The SMILES string of the molecule is CCc1cc(NCc2nc3ccc(F)cc3o2)c(=O)[nH]c1C. The summed E-state index contributed by atoms with van der Waals surface area (Å²) in [6, 6.07) is 6.02. The van der Waals surface area contributed by atoms with E-state index in [0.717, 1.165) is 17.7 Å². The Morgan fingerprint density at radius 3 is 2.95 bits per heavy atom. The molecule has 6 heteroatoms. The van der Waals surface area contributed by atoms with Gasteiger partial charge in [0.25, 0.3) is 5.56 Å². The monoisotopic (exact) mass is 301 g/mol. The molecule has 0 saturated heterocycles. The molecule has 0 amide bonds. The van der Waals surface area contributed by atoms with Gasteiger partial charge in [-0.1, -0.05) is 6.92 Å². The third kappa shape index (κ3) is 2.72. The summed E-state index contributed by atoms with van der Waals surface area (Å²) in [6.45, 7) is 4.16. The first-order chi connectivity index (χ1) is 10.6. The van der Waals surface area contributed by atoms with E-state index in [2.05, 4.69) is 15.3 Å². The average molecular weight is 301 g/mol. The van der Waals surface area contributed by atoms with Crippen LogP contribution in [0.15, 0.2) is 33.5 Å². The highest BCUT2D eigenvalue weighted by molar-refractivity contribution is 5.72. The Bertz CT molecular complexity index is 883. The van der Waals surface area contributed by atoms with Gasteiger partial charge in [-0.3, -0.25) is 4.79 Å². The number of aromatic nitrogens is 2. The van der Waals surface area contributed by atoms with E-state index < -0.39 is 0 Å². The molecule has 114 valence electrons. The second-order valence-corrected chi connectivity index (χ2v) is 5.09. The molecule has 2 heterocycles. The summed E-state index contributed by atoms with van der Waals surface area (Å²) in [4.78, 5) is 19.0. The largest absolute Gasteiger partial charge is 0.439 e. The van der Waals surface area contributed by atoms with Gasteiger partial charge in [0, 0.05) is 11.8 Å². The fourth-order valence-corrected chi connectivity index (χ4v) is 2.36. The van der Waals surface area contributed by atoms with Crippen molar-refractivity contribution in [3.8, 4) is 0 Å². The number of rotatable bonds is 4. The lowest BCUT2D eigenvalue weighted by molar-refractivity contribution is 0.537. The molecule has 0 unspecified atom stereocenters. The number of aryl methyl sites for hydroxylation is 2. The quantitative estimate of drug-likeness (QED) is 0.776. The van der Waals surface area contributed by atoms with Crippen molar-refractivity contribution >= 4 is 16.8 Å². The smallest absolute Gasteiger partial charge is 0.271 e. The molecular formula is C16H16FN3O2. The highest BCUT2D eigenvalue weighted by atomic mass is 19.1. The number of hydrogen-bond acceptors (Lipinski definition) is 4. The van der Waals surface area contributed by atoms with Crippen molar-refractivity contribution in [2.75, 3.05) is 5.32 Å². The van der Waals surface area contributed by atoms with E-state index in [4.69, 9.17) is 4.42 Å². The second kappa shape index (κ2) is 5.63. The molecule has 2 aromatic heterocycles. The standard InChI is InChI=1S/C16H16FN3O2/c1-3-10-6-13(16(21)19-9(10)2)18-8-15-20-12-5-4-11(17)7-14(12)22-15/h4-7,18H,3,8H2,1-2H3,(H,19,21). The van der Waals surface area contributed by atoms with Crippen LogP contribution in [0.4, 0.5) is 10.1 Å².